The second kappa shape index (κ2) is 6.99. The molecular weight excluding hydrogens is 321 g/mol. The van der Waals surface area contributed by atoms with Crippen molar-refractivity contribution < 1.29 is 4.39 Å². The number of hydrogen-bond acceptors (Lipinski definition) is 2. The molecule has 0 aliphatic carbocycles. The monoisotopic (exact) mass is 339 g/mol. The lowest BCUT2D eigenvalue weighted by atomic mass is 10.0. The number of aromatic nitrogens is 2. The Bertz CT molecular complexity index is 568. The molecule has 0 amide bonds. The van der Waals surface area contributed by atoms with Gasteiger partial charge in [0, 0.05) is 12.1 Å². The van der Waals surface area contributed by atoms with E-state index in [-0.39, 0.29) is 11.9 Å². The number of benzene rings is 1. The third-order valence-corrected chi connectivity index (χ3v) is 3.78. The number of nitrogens with zero attached hydrogens (tertiary/aromatic N) is 2. The average molecular weight is 340 g/mol. The van der Waals surface area contributed by atoms with Crippen LogP contribution < -0.4 is 5.32 Å². The van der Waals surface area contributed by atoms with Crippen molar-refractivity contribution in [2.45, 2.75) is 32.9 Å². The fraction of sp³-hybridized carbons (Fsp3) is 0.400. The lowest BCUT2D eigenvalue weighted by Gasteiger charge is -2.21. The van der Waals surface area contributed by atoms with E-state index >= 15 is 0 Å². The maximum Gasteiger partial charge on any atom is 0.128 e. The van der Waals surface area contributed by atoms with Crippen LogP contribution in [0.2, 0.25) is 0 Å². The molecule has 2 aromatic rings. The fourth-order valence-electron chi connectivity index (χ4n) is 2.32. The van der Waals surface area contributed by atoms with E-state index in [9.17, 15) is 4.39 Å². The summed E-state index contributed by atoms with van der Waals surface area (Å²) in [5.41, 5.74) is 1.62. The quantitative estimate of drug-likeness (QED) is 0.865. The van der Waals surface area contributed by atoms with Gasteiger partial charge in [0.05, 0.1) is 22.4 Å². The molecule has 2 rings (SSSR count). The number of nitrogens with one attached hydrogen (secondary N) is 1. The molecule has 1 atom stereocenters. The molecular formula is C15H19BrFN3. The summed E-state index contributed by atoms with van der Waals surface area (Å²) in [6.45, 7) is 5.69. The fourth-order valence-corrected chi connectivity index (χ4v) is 2.84. The van der Waals surface area contributed by atoms with Crippen molar-refractivity contribution in [3.05, 3.63) is 52.0 Å². The largest absolute Gasteiger partial charge is 0.305 e. The highest BCUT2D eigenvalue weighted by atomic mass is 79.9. The molecule has 20 heavy (non-hydrogen) atoms. The number of rotatable bonds is 6. The minimum absolute atomic E-state index is 0.199. The highest BCUT2D eigenvalue weighted by molar-refractivity contribution is 9.10. The van der Waals surface area contributed by atoms with Crippen LogP contribution in [0, 0.1) is 5.82 Å². The second-order valence-corrected chi connectivity index (χ2v) is 5.47. The van der Waals surface area contributed by atoms with Crippen molar-refractivity contribution >= 4 is 15.9 Å². The number of hydrogen-bond donors (Lipinski definition) is 1. The Kier molecular flexibility index (Phi) is 5.31. The minimum atomic E-state index is -0.204. The zero-order valence-corrected chi connectivity index (χ0v) is 13.3. The molecule has 1 heterocycles. The van der Waals surface area contributed by atoms with E-state index in [0.717, 1.165) is 29.7 Å². The molecule has 0 bridgehead atoms. The van der Waals surface area contributed by atoms with Gasteiger partial charge < -0.3 is 5.32 Å². The van der Waals surface area contributed by atoms with Gasteiger partial charge in [0.15, 0.2) is 0 Å². The Morgan fingerprint density at radius 3 is 2.75 bits per heavy atom. The Balaban J connectivity index is 2.49. The summed E-state index contributed by atoms with van der Waals surface area (Å²) in [5, 5.41) is 7.72. The van der Waals surface area contributed by atoms with E-state index in [1.165, 1.54) is 6.07 Å². The normalized spacial score (nSPS) is 12.6. The van der Waals surface area contributed by atoms with Gasteiger partial charge in [-0.15, -0.1) is 0 Å². The van der Waals surface area contributed by atoms with Crippen molar-refractivity contribution in [3.63, 3.8) is 0 Å². The molecule has 1 aromatic carbocycles. The van der Waals surface area contributed by atoms with Crippen LogP contribution in [0.1, 0.15) is 37.6 Å². The third-order valence-electron chi connectivity index (χ3n) is 3.17. The van der Waals surface area contributed by atoms with Gasteiger partial charge in [-0.25, -0.2) is 4.39 Å². The number of halogens is 2. The lowest BCUT2D eigenvalue weighted by molar-refractivity contribution is 0.500. The molecule has 0 radical (unpaired) electrons. The number of aryl methyl sites for hydroxylation is 1. The Labute approximate surface area is 127 Å². The SMILES string of the molecule is CCCn1ncc(Br)c1C(NCC)c1ccccc1F. The van der Waals surface area contributed by atoms with Crippen LogP contribution in [0.25, 0.3) is 0 Å². The van der Waals surface area contributed by atoms with Crippen LogP contribution in [0.15, 0.2) is 34.9 Å². The zero-order chi connectivity index (χ0) is 14.5. The first kappa shape index (κ1) is 15.2. The first-order valence-corrected chi connectivity index (χ1v) is 7.67. The third kappa shape index (κ3) is 3.10. The first-order valence-electron chi connectivity index (χ1n) is 6.88. The summed E-state index contributed by atoms with van der Waals surface area (Å²) >= 11 is 3.53. The van der Waals surface area contributed by atoms with Crippen molar-refractivity contribution in [2.24, 2.45) is 0 Å². The van der Waals surface area contributed by atoms with E-state index in [2.05, 4.69) is 33.3 Å². The van der Waals surface area contributed by atoms with E-state index in [1.54, 1.807) is 12.3 Å². The van der Waals surface area contributed by atoms with Gasteiger partial charge in [0.1, 0.15) is 5.82 Å². The van der Waals surface area contributed by atoms with Crippen LogP contribution in [-0.4, -0.2) is 16.3 Å². The molecule has 0 saturated carbocycles. The van der Waals surface area contributed by atoms with Crippen molar-refractivity contribution in [2.75, 3.05) is 6.54 Å². The van der Waals surface area contributed by atoms with E-state index < -0.39 is 0 Å². The van der Waals surface area contributed by atoms with Crippen LogP contribution in [-0.2, 0) is 6.54 Å². The molecule has 3 nitrogen and oxygen atoms in total. The molecule has 5 heteroatoms. The van der Waals surface area contributed by atoms with Crippen molar-refractivity contribution in [1.82, 2.24) is 15.1 Å². The van der Waals surface area contributed by atoms with Gasteiger partial charge in [0.25, 0.3) is 0 Å². The summed E-state index contributed by atoms with van der Waals surface area (Å²) < 4.78 is 17.0. The topological polar surface area (TPSA) is 29.9 Å². The van der Waals surface area contributed by atoms with E-state index in [4.69, 9.17) is 0 Å². The Morgan fingerprint density at radius 2 is 2.10 bits per heavy atom. The lowest BCUT2D eigenvalue weighted by Crippen LogP contribution is -2.26. The highest BCUT2D eigenvalue weighted by Gasteiger charge is 2.23. The van der Waals surface area contributed by atoms with Gasteiger partial charge in [-0.05, 0) is 35.0 Å². The Morgan fingerprint density at radius 1 is 1.35 bits per heavy atom. The maximum atomic E-state index is 14.1. The molecule has 1 aromatic heterocycles. The van der Waals surface area contributed by atoms with Crippen LogP contribution in [0.4, 0.5) is 4.39 Å². The zero-order valence-electron chi connectivity index (χ0n) is 11.7. The standard InChI is InChI=1S/C15H19BrFN3/c1-3-9-20-15(12(16)10-19-20)14(18-4-2)11-7-5-6-8-13(11)17/h5-8,10,14,18H,3-4,9H2,1-2H3. The summed E-state index contributed by atoms with van der Waals surface area (Å²) in [5.74, 6) is -0.199. The van der Waals surface area contributed by atoms with Crippen LogP contribution >= 0.6 is 15.9 Å². The minimum Gasteiger partial charge on any atom is -0.305 e. The van der Waals surface area contributed by atoms with Crippen molar-refractivity contribution in [3.8, 4) is 0 Å². The van der Waals surface area contributed by atoms with Gasteiger partial charge in [-0.2, -0.15) is 5.10 Å². The molecule has 0 aliphatic rings. The molecule has 0 spiro atoms. The molecule has 0 saturated heterocycles. The van der Waals surface area contributed by atoms with Crippen molar-refractivity contribution in [1.29, 1.82) is 0 Å². The van der Waals surface area contributed by atoms with E-state index in [0.29, 0.717) is 5.56 Å². The molecule has 0 aliphatic heterocycles. The van der Waals surface area contributed by atoms with Gasteiger partial charge >= 0.3 is 0 Å². The van der Waals surface area contributed by atoms with Gasteiger partial charge in [-0.3, -0.25) is 4.68 Å². The first-order chi connectivity index (χ1) is 9.69. The van der Waals surface area contributed by atoms with Gasteiger partial charge in [0.2, 0.25) is 0 Å². The van der Waals surface area contributed by atoms with Crippen LogP contribution in [0.3, 0.4) is 0 Å². The molecule has 108 valence electrons. The van der Waals surface area contributed by atoms with Gasteiger partial charge in [-0.1, -0.05) is 32.0 Å². The maximum absolute atomic E-state index is 14.1. The molecule has 1 unspecified atom stereocenters. The predicted octanol–water partition coefficient (Wildman–Crippen LogP) is 3.89. The van der Waals surface area contributed by atoms with E-state index in [1.807, 2.05) is 23.7 Å². The summed E-state index contributed by atoms with van der Waals surface area (Å²) in [6.07, 6.45) is 2.76. The Hall–Kier alpha value is -1.20. The smallest absolute Gasteiger partial charge is 0.128 e. The second-order valence-electron chi connectivity index (χ2n) is 4.61. The summed E-state index contributed by atoms with van der Waals surface area (Å²) in [6, 6.07) is 6.67. The molecule has 0 fully saturated rings. The predicted molar refractivity (Wildman–Crippen MR) is 82.1 cm³/mol. The van der Waals surface area contributed by atoms with Crippen LogP contribution in [0.5, 0.6) is 0 Å². The summed E-state index contributed by atoms with van der Waals surface area (Å²) in [4.78, 5) is 0. The molecule has 1 N–H and O–H groups in total. The highest BCUT2D eigenvalue weighted by Crippen LogP contribution is 2.30. The summed E-state index contributed by atoms with van der Waals surface area (Å²) in [7, 11) is 0. The average Bonchev–Trinajstić information content (AvgIpc) is 2.79.